The molecule has 2 N–H and O–H groups in total. The van der Waals surface area contributed by atoms with Crippen molar-refractivity contribution < 1.29 is 14.7 Å². The predicted octanol–water partition coefficient (Wildman–Crippen LogP) is 2.59. The van der Waals surface area contributed by atoms with Gasteiger partial charge in [-0.05, 0) is 19.1 Å². The van der Waals surface area contributed by atoms with E-state index >= 15 is 0 Å². The molecule has 0 aliphatic carbocycles. The van der Waals surface area contributed by atoms with Gasteiger partial charge >= 0.3 is 5.97 Å². The molecule has 1 unspecified atom stereocenters. The molecule has 0 aliphatic heterocycles. The van der Waals surface area contributed by atoms with Crippen molar-refractivity contribution in [2.24, 2.45) is 0 Å². The lowest BCUT2D eigenvalue weighted by Crippen LogP contribution is -2.34. The molecule has 0 aromatic heterocycles. The van der Waals surface area contributed by atoms with Crippen molar-refractivity contribution in [1.82, 2.24) is 5.32 Å². The van der Waals surface area contributed by atoms with Gasteiger partial charge in [0.1, 0.15) is 0 Å². The summed E-state index contributed by atoms with van der Waals surface area (Å²) in [5.41, 5.74) is 0.233. The fourth-order valence-electron chi connectivity index (χ4n) is 1.29. The third kappa shape index (κ3) is 3.91. The molecule has 1 atom stereocenters. The predicted molar refractivity (Wildman–Crippen MR) is 65.6 cm³/mol. The number of halogens is 2. The lowest BCUT2D eigenvalue weighted by atomic mass is 10.2. The van der Waals surface area contributed by atoms with Gasteiger partial charge in [0.15, 0.2) is 0 Å². The summed E-state index contributed by atoms with van der Waals surface area (Å²) in [4.78, 5) is 22.2. The highest BCUT2D eigenvalue weighted by molar-refractivity contribution is 6.43. The molecule has 0 spiro atoms. The van der Waals surface area contributed by atoms with E-state index in [9.17, 15) is 9.59 Å². The molecule has 0 aliphatic rings. The van der Waals surface area contributed by atoms with Crippen LogP contribution in [0, 0.1) is 0 Å². The Hall–Kier alpha value is -1.26. The van der Waals surface area contributed by atoms with E-state index in [0.29, 0.717) is 0 Å². The van der Waals surface area contributed by atoms with Crippen molar-refractivity contribution in [1.29, 1.82) is 0 Å². The molecule has 1 amide bonds. The minimum Gasteiger partial charge on any atom is -0.481 e. The molecule has 0 heterocycles. The Morgan fingerprint density at radius 3 is 2.65 bits per heavy atom. The number of carbonyl (C=O) groups is 2. The molecule has 0 fully saturated rings. The van der Waals surface area contributed by atoms with Gasteiger partial charge in [0.2, 0.25) is 0 Å². The SMILES string of the molecule is CC(CC(=O)O)NC(=O)c1cccc(Cl)c1Cl. The fraction of sp³-hybridized carbons (Fsp3) is 0.273. The topological polar surface area (TPSA) is 66.4 Å². The molecule has 0 bridgehead atoms. The summed E-state index contributed by atoms with van der Waals surface area (Å²) < 4.78 is 0. The molecule has 0 saturated carbocycles. The highest BCUT2D eigenvalue weighted by Crippen LogP contribution is 2.25. The molecular weight excluding hydrogens is 265 g/mol. The summed E-state index contributed by atoms with van der Waals surface area (Å²) in [6.07, 6.45) is -0.149. The second kappa shape index (κ2) is 5.89. The van der Waals surface area contributed by atoms with Gasteiger partial charge in [-0.1, -0.05) is 29.3 Å². The van der Waals surface area contributed by atoms with Gasteiger partial charge in [-0.3, -0.25) is 9.59 Å². The molecule has 6 heteroatoms. The van der Waals surface area contributed by atoms with E-state index in [0.717, 1.165) is 0 Å². The number of carbonyl (C=O) groups excluding carboxylic acids is 1. The van der Waals surface area contributed by atoms with Crippen molar-refractivity contribution in [3.8, 4) is 0 Å². The summed E-state index contributed by atoms with van der Waals surface area (Å²) in [5, 5.41) is 11.5. The van der Waals surface area contributed by atoms with Crippen molar-refractivity contribution in [2.75, 3.05) is 0 Å². The van der Waals surface area contributed by atoms with Crippen LogP contribution in [0.4, 0.5) is 0 Å². The third-order valence-corrected chi connectivity index (χ3v) is 2.87. The van der Waals surface area contributed by atoms with Crippen molar-refractivity contribution >= 4 is 35.1 Å². The normalized spacial score (nSPS) is 11.9. The van der Waals surface area contributed by atoms with Gasteiger partial charge in [-0.25, -0.2) is 0 Å². The number of carboxylic acid groups (broad SMARTS) is 1. The van der Waals surface area contributed by atoms with Crippen LogP contribution in [0.15, 0.2) is 18.2 Å². The highest BCUT2D eigenvalue weighted by atomic mass is 35.5. The summed E-state index contributed by atoms with van der Waals surface area (Å²) in [6, 6.07) is 4.22. The number of rotatable bonds is 4. The molecule has 0 radical (unpaired) electrons. The maximum atomic E-state index is 11.8. The summed E-state index contributed by atoms with van der Waals surface area (Å²) in [6.45, 7) is 1.60. The number of nitrogens with one attached hydrogen (secondary N) is 1. The second-order valence-corrected chi connectivity index (χ2v) is 4.36. The van der Waals surface area contributed by atoms with Crippen LogP contribution in [0.25, 0.3) is 0 Å². The van der Waals surface area contributed by atoms with Crippen LogP contribution >= 0.6 is 23.2 Å². The summed E-state index contributed by atoms with van der Waals surface area (Å²) >= 11 is 11.6. The molecule has 1 aromatic rings. The van der Waals surface area contributed by atoms with Gasteiger partial charge < -0.3 is 10.4 Å². The van der Waals surface area contributed by atoms with Crippen LogP contribution < -0.4 is 5.32 Å². The number of hydrogen-bond donors (Lipinski definition) is 2. The van der Waals surface area contributed by atoms with Crippen LogP contribution in [0.5, 0.6) is 0 Å². The molecule has 0 saturated heterocycles. The number of aliphatic carboxylic acids is 1. The first-order chi connectivity index (χ1) is 7.91. The van der Waals surface area contributed by atoms with Crippen molar-refractivity contribution in [2.45, 2.75) is 19.4 Å². The Kier molecular flexibility index (Phi) is 4.78. The smallest absolute Gasteiger partial charge is 0.305 e. The minimum atomic E-state index is -0.977. The van der Waals surface area contributed by atoms with Gasteiger partial charge in [0.25, 0.3) is 5.91 Å². The van der Waals surface area contributed by atoms with E-state index in [4.69, 9.17) is 28.3 Å². The Balaban J connectivity index is 2.77. The lowest BCUT2D eigenvalue weighted by Gasteiger charge is -2.12. The number of amides is 1. The first-order valence-corrected chi connectivity index (χ1v) is 5.64. The quantitative estimate of drug-likeness (QED) is 0.888. The Labute approximate surface area is 109 Å². The third-order valence-electron chi connectivity index (χ3n) is 2.05. The van der Waals surface area contributed by atoms with Crippen LogP contribution in [-0.2, 0) is 4.79 Å². The molecule has 17 heavy (non-hydrogen) atoms. The Morgan fingerprint density at radius 2 is 2.06 bits per heavy atom. The fourth-order valence-corrected chi connectivity index (χ4v) is 1.68. The van der Waals surface area contributed by atoms with Gasteiger partial charge in [-0.2, -0.15) is 0 Å². The highest BCUT2D eigenvalue weighted by Gasteiger charge is 2.16. The molecule has 1 rings (SSSR count). The average Bonchev–Trinajstić information content (AvgIpc) is 2.20. The average molecular weight is 276 g/mol. The van der Waals surface area contributed by atoms with E-state index in [-0.39, 0.29) is 22.0 Å². The molecular formula is C11H11Cl2NO3. The summed E-state index contributed by atoms with van der Waals surface area (Å²) in [7, 11) is 0. The van der Waals surface area contributed by atoms with Crippen LogP contribution in [0.1, 0.15) is 23.7 Å². The summed E-state index contributed by atoms with van der Waals surface area (Å²) in [5.74, 6) is -1.42. The second-order valence-electron chi connectivity index (χ2n) is 3.57. The number of benzene rings is 1. The first kappa shape index (κ1) is 13.8. The molecule has 1 aromatic carbocycles. The van der Waals surface area contributed by atoms with Gasteiger partial charge in [0, 0.05) is 6.04 Å². The van der Waals surface area contributed by atoms with Crippen LogP contribution in [0.2, 0.25) is 10.0 Å². The van der Waals surface area contributed by atoms with E-state index in [1.54, 1.807) is 19.1 Å². The first-order valence-electron chi connectivity index (χ1n) is 4.88. The van der Waals surface area contributed by atoms with Crippen LogP contribution in [-0.4, -0.2) is 23.0 Å². The monoisotopic (exact) mass is 275 g/mol. The zero-order valence-corrected chi connectivity index (χ0v) is 10.5. The molecule has 92 valence electrons. The van der Waals surface area contributed by atoms with Gasteiger partial charge in [0.05, 0.1) is 22.0 Å². The number of carboxylic acids is 1. The van der Waals surface area contributed by atoms with E-state index in [1.807, 2.05) is 0 Å². The van der Waals surface area contributed by atoms with Crippen molar-refractivity contribution in [3.05, 3.63) is 33.8 Å². The van der Waals surface area contributed by atoms with E-state index < -0.39 is 17.9 Å². The maximum absolute atomic E-state index is 11.8. The zero-order chi connectivity index (χ0) is 13.0. The molecule has 4 nitrogen and oxygen atoms in total. The zero-order valence-electron chi connectivity index (χ0n) is 9.04. The maximum Gasteiger partial charge on any atom is 0.305 e. The Bertz CT molecular complexity index is 448. The minimum absolute atomic E-state index is 0.149. The lowest BCUT2D eigenvalue weighted by molar-refractivity contribution is -0.137. The number of hydrogen-bond acceptors (Lipinski definition) is 2. The van der Waals surface area contributed by atoms with E-state index in [2.05, 4.69) is 5.32 Å². The largest absolute Gasteiger partial charge is 0.481 e. The van der Waals surface area contributed by atoms with E-state index in [1.165, 1.54) is 6.07 Å². The van der Waals surface area contributed by atoms with Crippen molar-refractivity contribution in [3.63, 3.8) is 0 Å². The Morgan fingerprint density at radius 1 is 1.41 bits per heavy atom. The standard InChI is InChI=1S/C11H11Cl2NO3/c1-6(5-9(15)16)14-11(17)7-3-2-4-8(12)10(7)13/h2-4,6H,5H2,1H3,(H,14,17)(H,15,16). The van der Waals surface area contributed by atoms with Gasteiger partial charge in [-0.15, -0.1) is 0 Å². The van der Waals surface area contributed by atoms with Crippen LogP contribution in [0.3, 0.4) is 0 Å².